The number of amides is 3. The number of anilines is 1. The van der Waals surface area contributed by atoms with E-state index < -0.39 is 35.4 Å². The smallest absolute Gasteiger partial charge is 0.342 e. The molecule has 0 N–H and O–H groups in total. The summed E-state index contributed by atoms with van der Waals surface area (Å²) in [4.78, 5) is 56.9. The molecule has 2 aliphatic rings. The van der Waals surface area contributed by atoms with Gasteiger partial charge in [0.15, 0.2) is 5.78 Å². The Labute approximate surface area is 196 Å². The molecule has 3 atom stereocenters. The van der Waals surface area contributed by atoms with Crippen molar-refractivity contribution in [1.82, 2.24) is 4.90 Å². The Kier molecular flexibility index (Phi) is 5.24. The van der Waals surface area contributed by atoms with Gasteiger partial charge in [-0.05, 0) is 24.6 Å². The van der Waals surface area contributed by atoms with Gasteiger partial charge in [-0.2, -0.15) is 0 Å². The summed E-state index contributed by atoms with van der Waals surface area (Å²) in [6.45, 7) is 1.66. The number of carbonyl (C=O) groups is 4. The number of hydrogen-bond acceptors (Lipinski definition) is 5. The second-order valence-corrected chi connectivity index (χ2v) is 8.18. The number of ether oxygens (including phenoxy) is 1. The normalized spacial score (nSPS) is 23.3. The fraction of sp³-hybridized carbons (Fsp3) is 0.185. The molecule has 34 heavy (non-hydrogen) atoms. The van der Waals surface area contributed by atoms with Gasteiger partial charge in [0.25, 0.3) is 5.91 Å². The maximum Gasteiger partial charge on any atom is 0.342 e. The molecular formula is C27H22N2O5. The third-order valence-electron chi connectivity index (χ3n) is 6.44. The lowest BCUT2D eigenvalue weighted by atomic mass is 9.63. The molecule has 0 spiro atoms. The van der Waals surface area contributed by atoms with Gasteiger partial charge in [-0.15, -0.1) is 0 Å². The van der Waals surface area contributed by atoms with E-state index in [4.69, 9.17) is 4.74 Å². The van der Waals surface area contributed by atoms with Gasteiger partial charge in [0, 0.05) is 5.56 Å². The first-order valence-corrected chi connectivity index (χ1v) is 11.1. The molecule has 2 fully saturated rings. The van der Waals surface area contributed by atoms with Crippen molar-refractivity contribution in [2.45, 2.75) is 24.4 Å². The van der Waals surface area contributed by atoms with Crippen molar-refractivity contribution in [3.05, 3.63) is 102 Å². The van der Waals surface area contributed by atoms with Crippen LogP contribution in [-0.4, -0.2) is 46.8 Å². The van der Waals surface area contributed by atoms with E-state index in [1.165, 1.54) is 0 Å². The summed E-state index contributed by atoms with van der Waals surface area (Å²) in [6.07, 6.45) is 0. The van der Waals surface area contributed by atoms with Crippen molar-refractivity contribution in [1.29, 1.82) is 0 Å². The van der Waals surface area contributed by atoms with E-state index in [0.717, 1.165) is 9.80 Å². The minimum absolute atomic E-state index is 0.0278. The number of esters is 1. The predicted molar refractivity (Wildman–Crippen MR) is 124 cm³/mol. The molecule has 0 saturated carbocycles. The largest absolute Gasteiger partial charge is 0.464 e. The number of urea groups is 1. The third-order valence-corrected chi connectivity index (χ3v) is 6.44. The Morgan fingerprint density at radius 1 is 0.853 bits per heavy atom. The van der Waals surface area contributed by atoms with E-state index in [1.807, 2.05) is 6.07 Å². The minimum Gasteiger partial charge on any atom is -0.464 e. The van der Waals surface area contributed by atoms with Crippen LogP contribution in [-0.2, 0) is 14.3 Å². The number of rotatable bonds is 6. The monoisotopic (exact) mass is 454 g/mol. The highest BCUT2D eigenvalue weighted by Crippen LogP contribution is 2.56. The van der Waals surface area contributed by atoms with E-state index in [1.54, 1.807) is 91.9 Å². The van der Waals surface area contributed by atoms with E-state index in [-0.39, 0.29) is 12.4 Å². The molecule has 3 aromatic carbocycles. The lowest BCUT2D eigenvalue weighted by Gasteiger charge is -2.55. The molecule has 0 bridgehead atoms. The van der Waals surface area contributed by atoms with Crippen LogP contribution in [0.2, 0.25) is 0 Å². The van der Waals surface area contributed by atoms with Gasteiger partial charge in [-0.1, -0.05) is 78.9 Å². The molecule has 3 aromatic rings. The molecule has 2 saturated heterocycles. The maximum atomic E-state index is 14.0. The Bertz CT molecular complexity index is 1260. The van der Waals surface area contributed by atoms with Gasteiger partial charge in [-0.25, -0.2) is 14.5 Å². The number of ketones is 1. The number of fused-ring (bicyclic) bond motifs is 1. The van der Waals surface area contributed by atoms with Crippen molar-refractivity contribution in [3.8, 4) is 0 Å². The zero-order valence-corrected chi connectivity index (χ0v) is 18.5. The van der Waals surface area contributed by atoms with Crippen molar-refractivity contribution >= 4 is 29.4 Å². The van der Waals surface area contributed by atoms with Gasteiger partial charge in [0.1, 0.15) is 6.04 Å². The highest BCUT2D eigenvalue weighted by atomic mass is 16.5. The molecular weight excluding hydrogens is 432 g/mol. The lowest BCUT2D eigenvalue weighted by Crippen LogP contribution is -2.77. The number of hydrogen-bond donors (Lipinski definition) is 0. The topological polar surface area (TPSA) is 84.0 Å². The van der Waals surface area contributed by atoms with Crippen LogP contribution in [0, 0.1) is 0 Å². The van der Waals surface area contributed by atoms with Gasteiger partial charge in [0.2, 0.25) is 5.54 Å². The van der Waals surface area contributed by atoms with Crippen LogP contribution in [0.1, 0.15) is 28.8 Å². The van der Waals surface area contributed by atoms with Crippen LogP contribution in [0.3, 0.4) is 0 Å². The standard InChI is InChI=1S/C27H22N2O5/c1-2-34-25(32)27-21(18-12-6-3-7-13-18)22(23(30)19-14-8-4-9-15-19)29(27)26(33)28(24(27)31)20-16-10-5-11-17-20/h3-17,21-22H,2H2,1H3/t21-,22+,27+/m1/s1. The van der Waals surface area contributed by atoms with Crippen molar-refractivity contribution < 1.29 is 23.9 Å². The molecule has 2 heterocycles. The van der Waals surface area contributed by atoms with Crippen LogP contribution < -0.4 is 4.90 Å². The fourth-order valence-corrected chi connectivity index (χ4v) is 5.02. The van der Waals surface area contributed by atoms with Gasteiger partial charge in [-0.3, -0.25) is 14.5 Å². The summed E-state index contributed by atoms with van der Waals surface area (Å²) in [5, 5.41) is 0. The Balaban J connectivity index is 1.71. The van der Waals surface area contributed by atoms with Crippen molar-refractivity contribution in [2.75, 3.05) is 11.5 Å². The van der Waals surface area contributed by atoms with Gasteiger partial charge < -0.3 is 4.74 Å². The second-order valence-electron chi connectivity index (χ2n) is 8.18. The Hall–Kier alpha value is -4.26. The highest BCUT2D eigenvalue weighted by molar-refractivity contribution is 6.34. The quantitative estimate of drug-likeness (QED) is 0.245. The van der Waals surface area contributed by atoms with Crippen LogP contribution in [0.5, 0.6) is 0 Å². The number of nitrogens with zero attached hydrogens (tertiary/aromatic N) is 2. The van der Waals surface area contributed by atoms with Crippen LogP contribution >= 0.6 is 0 Å². The number of para-hydroxylation sites is 1. The number of Topliss-reactive ketones (excluding diaryl/α,β-unsaturated/α-hetero) is 1. The fourth-order valence-electron chi connectivity index (χ4n) is 5.02. The predicted octanol–water partition coefficient (Wildman–Crippen LogP) is 3.81. The summed E-state index contributed by atoms with van der Waals surface area (Å²) >= 11 is 0. The Morgan fingerprint density at radius 3 is 2.00 bits per heavy atom. The highest BCUT2D eigenvalue weighted by Gasteiger charge is 2.79. The first-order chi connectivity index (χ1) is 16.5. The molecule has 0 unspecified atom stereocenters. The summed E-state index contributed by atoms with van der Waals surface area (Å²) in [6, 6.07) is 24.1. The Morgan fingerprint density at radius 2 is 1.41 bits per heavy atom. The van der Waals surface area contributed by atoms with Crippen LogP contribution in [0.25, 0.3) is 0 Å². The molecule has 5 rings (SSSR count). The minimum atomic E-state index is -1.96. The van der Waals surface area contributed by atoms with Gasteiger partial charge in [0.05, 0.1) is 18.2 Å². The second kappa shape index (κ2) is 8.26. The molecule has 0 radical (unpaired) electrons. The SMILES string of the molecule is CCOC(=O)[C@]12C(=O)N(c3ccccc3)C(=O)N1[C@H](C(=O)c1ccccc1)[C@H]2c1ccccc1. The van der Waals surface area contributed by atoms with Gasteiger partial charge >= 0.3 is 12.0 Å². The lowest BCUT2D eigenvalue weighted by molar-refractivity contribution is -0.171. The molecule has 7 nitrogen and oxygen atoms in total. The van der Waals surface area contributed by atoms with Crippen LogP contribution in [0.15, 0.2) is 91.0 Å². The van der Waals surface area contributed by atoms with Crippen molar-refractivity contribution in [2.24, 2.45) is 0 Å². The molecule has 0 aliphatic carbocycles. The molecule has 3 amide bonds. The average Bonchev–Trinajstić information content (AvgIpc) is 3.04. The molecule has 2 aliphatic heterocycles. The summed E-state index contributed by atoms with van der Waals surface area (Å²) in [5.74, 6) is -2.79. The van der Waals surface area contributed by atoms with E-state index >= 15 is 0 Å². The zero-order chi connectivity index (χ0) is 23.9. The third kappa shape index (κ3) is 2.90. The summed E-state index contributed by atoms with van der Waals surface area (Å²) in [5.41, 5.74) is -0.630. The number of benzene rings is 3. The first kappa shape index (κ1) is 21.6. The van der Waals surface area contributed by atoms with E-state index in [9.17, 15) is 19.2 Å². The first-order valence-electron chi connectivity index (χ1n) is 11.1. The summed E-state index contributed by atoms with van der Waals surface area (Å²) < 4.78 is 5.35. The number of carbonyl (C=O) groups excluding carboxylic acids is 4. The van der Waals surface area contributed by atoms with E-state index in [0.29, 0.717) is 16.8 Å². The zero-order valence-electron chi connectivity index (χ0n) is 18.5. The summed E-state index contributed by atoms with van der Waals surface area (Å²) in [7, 11) is 0. The molecule has 0 aromatic heterocycles. The number of imide groups is 1. The molecule has 170 valence electrons. The van der Waals surface area contributed by atoms with Crippen molar-refractivity contribution in [3.63, 3.8) is 0 Å². The van der Waals surface area contributed by atoms with Crippen LogP contribution in [0.4, 0.5) is 10.5 Å². The molecule has 7 heteroatoms. The maximum absolute atomic E-state index is 14.0. The average molecular weight is 454 g/mol. The van der Waals surface area contributed by atoms with E-state index in [2.05, 4.69) is 0 Å².